The monoisotopic (exact) mass is 330 g/mol. The molecule has 1 aliphatic rings. The third-order valence-electron chi connectivity index (χ3n) is 4.43. The van der Waals surface area contributed by atoms with Crippen molar-refractivity contribution >= 4 is 5.97 Å². The lowest BCUT2D eigenvalue weighted by molar-refractivity contribution is -0.137. The lowest BCUT2D eigenvalue weighted by atomic mass is 10.2. The summed E-state index contributed by atoms with van der Waals surface area (Å²) >= 11 is 0. The molecule has 1 N–H and O–H groups in total. The third kappa shape index (κ3) is 3.98. The Kier molecular flexibility index (Phi) is 5.22. The highest BCUT2D eigenvalue weighted by Crippen LogP contribution is 2.23. The number of hydrogen-bond acceptors (Lipinski definition) is 6. The fourth-order valence-corrected chi connectivity index (χ4v) is 2.89. The van der Waals surface area contributed by atoms with E-state index in [1.807, 2.05) is 30.3 Å². The summed E-state index contributed by atoms with van der Waals surface area (Å²) < 4.78 is 5.45. The van der Waals surface area contributed by atoms with Gasteiger partial charge in [0.05, 0.1) is 12.5 Å². The molecule has 1 aromatic heterocycles. The molecular weight excluding hydrogens is 308 g/mol. The third-order valence-corrected chi connectivity index (χ3v) is 4.43. The molecule has 0 saturated carbocycles. The van der Waals surface area contributed by atoms with Gasteiger partial charge in [0.25, 0.3) is 0 Å². The van der Waals surface area contributed by atoms with Crippen molar-refractivity contribution < 1.29 is 14.4 Å². The highest BCUT2D eigenvalue weighted by molar-refractivity contribution is 5.66. The SMILES string of the molecule is CC(c1nc(-c2ccccc2)no1)N1CCN(CCC(=O)O)CC1. The van der Waals surface area contributed by atoms with Crippen LogP contribution in [0.15, 0.2) is 34.9 Å². The molecule has 7 nitrogen and oxygen atoms in total. The minimum Gasteiger partial charge on any atom is -0.481 e. The van der Waals surface area contributed by atoms with Crippen molar-refractivity contribution in [3.05, 3.63) is 36.2 Å². The van der Waals surface area contributed by atoms with E-state index >= 15 is 0 Å². The van der Waals surface area contributed by atoms with E-state index in [9.17, 15) is 4.79 Å². The van der Waals surface area contributed by atoms with Crippen LogP contribution >= 0.6 is 0 Å². The maximum atomic E-state index is 10.7. The quantitative estimate of drug-likeness (QED) is 0.866. The molecule has 7 heteroatoms. The zero-order valence-corrected chi connectivity index (χ0v) is 13.8. The first-order valence-electron chi connectivity index (χ1n) is 8.20. The number of carbonyl (C=O) groups is 1. The van der Waals surface area contributed by atoms with E-state index in [0.717, 1.165) is 31.7 Å². The lowest BCUT2D eigenvalue weighted by Crippen LogP contribution is -2.47. The van der Waals surface area contributed by atoms with Gasteiger partial charge in [-0.05, 0) is 6.92 Å². The van der Waals surface area contributed by atoms with Crippen LogP contribution in [0, 0.1) is 0 Å². The number of aliphatic carboxylic acids is 1. The van der Waals surface area contributed by atoms with Gasteiger partial charge in [-0.2, -0.15) is 4.98 Å². The van der Waals surface area contributed by atoms with Gasteiger partial charge in [-0.25, -0.2) is 0 Å². The summed E-state index contributed by atoms with van der Waals surface area (Å²) in [5, 5.41) is 12.8. The smallest absolute Gasteiger partial charge is 0.304 e. The minimum atomic E-state index is -0.745. The van der Waals surface area contributed by atoms with Crippen molar-refractivity contribution in [1.29, 1.82) is 0 Å². The molecule has 128 valence electrons. The number of rotatable bonds is 6. The molecule has 2 aromatic rings. The molecule has 0 bridgehead atoms. The van der Waals surface area contributed by atoms with Crippen LogP contribution in [0.2, 0.25) is 0 Å². The van der Waals surface area contributed by atoms with E-state index in [2.05, 4.69) is 26.9 Å². The molecule has 0 spiro atoms. The van der Waals surface area contributed by atoms with Gasteiger partial charge >= 0.3 is 5.97 Å². The summed E-state index contributed by atoms with van der Waals surface area (Å²) in [6.45, 7) is 6.12. The Bertz CT molecular complexity index is 665. The fourth-order valence-electron chi connectivity index (χ4n) is 2.89. The van der Waals surface area contributed by atoms with Gasteiger partial charge in [-0.3, -0.25) is 9.69 Å². The molecule has 0 radical (unpaired) electrons. The van der Waals surface area contributed by atoms with Crippen molar-refractivity contribution in [3.8, 4) is 11.4 Å². The first kappa shape index (κ1) is 16.6. The van der Waals surface area contributed by atoms with Crippen molar-refractivity contribution in [2.45, 2.75) is 19.4 Å². The molecule has 1 aromatic carbocycles. The van der Waals surface area contributed by atoms with Gasteiger partial charge in [0.1, 0.15) is 0 Å². The molecule has 0 aliphatic carbocycles. The Morgan fingerprint density at radius 1 is 1.25 bits per heavy atom. The average molecular weight is 330 g/mol. The highest BCUT2D eigenvalue weighted by atomic mass is 16.5. The van der Waals surface area contributed by atoms with E-state index in [1.165, 1.54) is 0 Å². The van der Waals surface area contributed by atoms with Crippen LogP contribution in [0.1, 0.15) is 25.3 Å². The van der Waals surface area contributed by atoms with Crippen molar-refractivity contribution in [2.75, 3.05) is 32.7 Å². The van der Waals surface area contributed by atoms with E-state index < -0.39 is 5.97 Å². The molecule has 1 unspecified atom stereocenters. The maximum absolute atomic E-state index is 10.7. The Hall–Kier alpha value is -2.25. The van der Waals surface area contributed by atoms with Crippen LogP contribution in [0.25, 0.3) is 11.4 Å². The molecule has 1 fully saturated rings. The summed E-state index contributed by atoms with van der Waals surface area (Å²) in [4.78, 5) is 19.6. The number of piperazine rings is 1. The van der Waals surface area contributed by atoms with Crippen LogP contribution in [0.5, 0.6) is 0 Å². The van der Waals surface area contributed by atoms with Crippen LogP contribution < -0.4 is 0 Å². The van der Waals surface area contributed by atoms with Crippen LogP contribution in [-0.2, 0) is 4.79 Å². The predicted octanol–water partition coefficient (Wildman–Crippen LogP) is 1.89. The van der Waals surface area contributed by atoms with Gasteiger partial charge in [0, 0.05) is 38.3 Å². The average Bonchev–Trinajstić information content (AvgIpc) is 3.10. The van der Waals surface area contributed by atoms with E-state index in [-0.39, 0.29) is 12.5 Å². The summed E-state index contributed by atoms with van der Waals surface area (Å²) in [5.41, 5.74) is 0.943. The zero-order valence-electron chi connectivity index (χ0n) is 13.8. The molecule has 3 rings (SSSR count). The van der Waals surface area contributed by atoms with Gasteiger partial charge in [0.15, 0.2) is 0 Å². The fraction of sp³-hybridized carbons (Fsp3) is 0.471. The summed E-state index contributed by atoms with van der Waals surface area (Å²) in [7, 11) is 0. The second-order valence-electron chi connectivity index (χ2n) is 6.02. The second kappa shape index (κ2) is 7.55. The van der Waals surface area contributed by atoms with Crippen LogP contribution in [-0.4, -0.2) is 63.7 Å². The summed E-state index contributed by atoms with van der Waals surface area (Å²) in [6, 6.07) is 9.82. The minimum absolute atomic E-state index is 0.0524. The van der Waals surface area contributed by atoms with Gasteiger partial charge in [-0.15, -0.1) is 0 Å². The Morgan fingerprint density at radius 3 is 2.62 bits per heavy atom. The molecular formula is C17H22N4O3. The highest BCUT2D eigenvalue weighted by Gasteiger charge is 2.26. The van der Waals surface area contributed by atoms with E-state index in [4.69, 9.17) is 9.63 Å². The van der Waals surface area contributed by atoms with Crippen LogP contribution in [0.3, 0.4) is 0 Å². The van der Waals surface area contributed by atoms with E-state index in [1.54, 1.807) is 0 Å². The van der Waals surface area contributed by atoms with E-state index in [0.29, 0.717) is 18.3 Å². The molecule has 24 heavy (non-hydrogen) atoms. The first-order chi connectivity index (χ1) is 11.6. The maximum Gasteiger partial charge on any atom is 0.304 e. The van der Waals surface area contributed by atoms with Crippen LogP contribution in [0.4, 0.5) is 0 Å². The standard InChI is InChI=1S/C17H22N4O3/c1-13(21-11-9-20(10-12-21)8-7-15(22)23)17-18-16(19-24-17)14-5-3-2-4-6-14/h2-6,13H,7-12H2,1H3,(H,22,23). The van der Waals surface area contributed by atoms with Crippen molar-refractivity contribution in [3.63, 3.8) is 0 Å². The second-order valence-corrected chi connectivity index (χ2v) is 6.02. The molecule has 2 heterocycles. The summed E-state index contributed by atoms with van der Waals surface area (Å²) in [5.74, 6) is 0.482. The van der Waals surface area contributed by atoms with Gasteiger partial charge < -0.3 is 14.5 Å². The lowest BCUT2D eigenvalue weighted by Gasteiger charge is -2.36. The number of benzene rings is 1. The zero-order chi connectivity index (χ0) is 16.9. The Morgan fingerprint density at radius 2 is 1.96 bits per heavy atom. The number of carboxylic acids is 1. The number of hydrogen-bond donors (Lipinski definition) is 1. The van der Waals surface area contributed by atoms with Gasteiger partial charge in [-0.1, -0.05) is 35.5 Å². The Balaban J connectivity index is 1.57. The molecule has 1 saturated heterocycles. The topological polar surface area (TPSA) is 82.7 Å². The number of aromatic nitrogens is 2. The van der Waals surface area contributed by atoms with Gasteiger partial charge in [0.2, 0.25) is 11.7 Å². The number of nitrogens with zero attached hydrogens (tertiary/aromatic N) is 4. The molecule has 0 amide bonds. The van der Waals surface area contributed by atoms with Crippen molar-refractivity contribution in [2.24, 2.45) is 0 Å². The summed E-state index contributed by atoms with van der Waals surface area (Å²) in [6.07, 6.45) is 0.194. The normalized spacial score (nSPS) is 17.7. The molecule has 1 atom stereocenters. The molecule has 1 aliphatic heterocycles. The number of carboxylic acid groups (broad SMARTS) is 1. The Labute approximate surface area is 140 Å². The largest absolute Gasteiger partial charge is 0.481 e. The predicted molar refractivity (Wildman–Crippen MR) is 88.4 cm³/mol. The first-order valence-corrected chi connectivity index (χ1v) is 8.20. The van der Waals surface area contributed by atoms with Crippen molar-refractivity contribution in [1.82, 2.24) is 19.9 Å².